The number of amides is 1. The Bertz CT molecular complexity index is 896. The highest BCUT2D eigenvalue weighted by Crippen LogP contribution is 2.24. The van der Waals surface area contributed by atoms with Gasteiger partial charge in [-0.15, -0.1) is 0 Å². The molecule has 8 heteroatoms. The van der Waals surface area contributed by atoms with Crippen molar-refractivity contribution in [1.82, 2.24) is 9.62 Å². The summed E-state index contributed by atoms with van der Waals surface area (Å²) in [6.07, 6.45) is 1.11. The average Bonchev–Trinajstić information content (AvgIpc) is 2.64. The Balaban J connectivity index is 1.60. The summed E-state index contributed by atoms with van der Waals surface area (Å²) in [6, 6.07) is 12.9. The van der Waals surface area contributed by atoms with Crippen LogP contribution >= 0.6 is 23.2 Å². The number of carbonyl (C=O) groups is 1. The second-order valence-electron chi connectivity index (χ2n) is 6.13. The number of hydrogen-bond acceptors (Lipinski definition) is 3. The van der Waals surface area contributed by atoms with Gasteiger partial charge < -0.3 is 4.90 Å². The van der Waals surface area contributed by atoms with Crippen LogP contribution in [0.5, 0.6) is 0 Å². The van der Waals surface area contributed by atoms with Gasteiger partial charge in [-0.3, -0.25) is 4.79 Å². The SMILES string of the molecule is O=C(c1ccc(Cl)c(Cl)c1)N1CCC(NS(=O)(=O)c2ccccc2)CC1. The van der Waals surface area contributed by atoms with Crippen molar-refractivity contribution < 1.29 is 13.2 Å². The molecule has 26 heavy (non-hydrogen) atoms. The molecule has 1 aliphatic heterocycles. The van der Waals surface area contributed by atoms with Crippen LogP contribution in [0, 0.1) is 0 Å². The lowest BCUT2D eigenvalue weighted by Crippen LogP contribution is -2.46. The molecule has 1 fully saturated rings. The van der Waals surface area contributed by atoms with E-state index in [2.05, 4.69) is 4.72 Å². The minimum atomic E-state index is -3.55. The maximum atomic E-state index is 12.6. The first-order valence-corrected chi connectivity index (χ1v) is 10.4. The van der Waals surface area contributed by atoms with Gasteiger partial charge >= 0.3 is 0 Å². The molecule has 2 aromatic carbocycles. The molecule has 0 aliphatic carbocycles. The lowest BCUT2D eigenvalue weighted by Gasteiger charge is -2.32. The standard InChI is InChI=1S/C18H18Cl2N2O3S/c19-16-7-6-13(12-17(16)20)18(23)22-10-8-14(9-11-22)21-26(24,25)15-4-2-1-3-5-15/h1-7,12,14,21H,8-11H2. The van der Waals surface area contributed by atoms with Crippen molar-refractivity contribution in [3.05, 3.63) is 64.1 Å². The van der Waals surface area contributed by atoms with Crippen LogP contribution in [0.1, 0.15) is 23.2 Å². The van der Waals surface area contributed by atoms with Crippen LogP contribution in [-0.4, -0.2) is 38.4 Å². The van der Waals surface area contributed by atoms with E-state index in [9.17, 15) is 13.2 Å². The smallest absolute Gasteiger partial charge is 0.253 e. The fourth-order valence-electron chi connectivity index (χ4n) is 2.90. The predicted molar refractivity (Wildman–Crippen MR) is 102 cm³/mol. The normalized spacial score (nSPS) is 15.8. The number of likely N-dealkylation sites (tertiary alicyclic amines) is 1. The van der Waals surface area contributed by atoms with E-state index in [1.165, 1.54) is 0 Å². The van der Waals surface area contributed by atoms with Crippen LogP contribution in [0.2, 0.25) is 10.0 Å². The summed E-state index contributed by atoms with van der Waals surface area (Å²) in [6.45, 7) is 0.947. The number of carbonyl (C=O) groups excluding carboxylic acids is 1. The molecule has 1 heterocycles. The van der Waals surface area contributed by atoms with Crippen molar-refractivity contribution in [3.63, 3.8) is 0 Å². The Morgan fingerprint density at radius 3 is 2.27 bits per heavy atom. The topological polar surface area (TPSA) is 66.5 Å². The van der Waals surface area contributed by atoms with E-state index in [1.807, 2.05) is 0 Å². The quantitative estimate of drug-likeness (QED) is 0.834. The zero-order chi connectivity index (χ0) is 18.7. The number of piperidine rings is 1. The number of nitrogens with one attached hydrogen (secondary N) is 1. The molecule has 138 valence electrons. The van der Waals surface area contributed by atoms with Gasteiger partial charge in [-0.05, 0) is 43.2 Å². The third-order valence-corrected chi connectivity index (χ3v) is 6.60. The molecule has 1 amide bonds. The van der Waals surface area contributed by atoms with E-state index >= 15 is 0 Å². The van der Waals surface area contributed by atoms with Gasteiger partial charge in [0, 0.05) is 24.7 Å². The van der Waals surface area contributed by atoms with Crippen molar-refractivity contribution in [2.75, 3.05) is 13.1 Å². The fraction of sp³-hybridized carbons (Fsp3) is 0.278. The van der Waals surface area contributed by atoms with Gasteiger partial charge in [-0.25, -0.2) is 13.1 Å². The molecule has 0 saturated carbocycles. The van der Waals surface area contributed by atoms with Crippen molar-refractivity contribution in [2.24, 2.45) is 0 Å². The van der Waals surface area contributed by atoms with Gasteiger partial charge in [0.2, 0.25) is 10.0 Å². The van der Waals surface area contributed by atoms with E-state index in [1.54, 1.807) is 53.4 Å². The van der Waals surface area contributed by atoms with Crippen LogP contribution in [0.4, 0.5) is 0 Å². The van der Waals surface area contributed by atoms with Gasteiger partial charge in [0.1, 0.15) is 0 Å². The molecular weight excluding hydrogens is 395 g/mol. The largest absolute Gasteiger partial charge is 0.339 e. The summed E-state index contributed by atoms with van der Waals surface area (Å²) in [5, 5.41) is 0.736. The first kappa shape index (κ1) is 19.2. The summed E-state index contributed by atoms with van der Waals surface area (Å²) in [4.78, 5) is 14.5. The summed E-state index contributed by atoms with van der Waals surface area (Å²) in [5.74, 6) is -0.132. The minimum absolute atomic E-state index is 0.132. The average molecular weight is 413 g/mol. The van der Waals surface area contributed by atoms with Crippen LogP contribution < -0.4 is 4.72 Å². The number of sulfonamides is 1. The second kappa shape index (κ2) is 7.96. The summed E-state index contributed by atoms with van der Waals surface area (Å²) in [5.41, 5.74) is 0.475. The zero-order valence-electron chi connectivity index (χ0n) is 13.9. The van der Waals surface area contributed by atoms with E-state index in [0.29, 0.717) is 41.5 Å². The molecule has 0 unspecified atom stereocenters. The van der Waals surface area contributed by atoms with E-state index < -0.39 is 10.0 Å². The number of halogens is 2. The Labute approximate surface area is 163 Å². The minimum Gasteiger partial charge on any atom is -0.339 e. The lowest BCUT2D eigenvalue weighted by atomic mass is 10.0. The van der Waals surface area contributed by atoms with Gasteiger partial charge in [0.05, 0.1) is 14.9 Å². The second-order valence-corrected chi connectivity index (χ2v) is 8.66. The van der Waals surface area contributed by atoms with Gasteiger partial charge in [0.25, 0.3) is 5.91 Å². The first-order valence-electron chi connectivity index (χ1n) is 8.18. The highest BCUT2D eigenvalue weighted by Gasteiger charge is 2.27. The van der Waals surface area contributed by atoms with Crippen molar-refractivity contribution in [3.8, 4) is 0 Å². The Morgan fingerprint density at radius 2 is 1.65 bits per heavy atom. The van der Waals surface area contributed by atoms with E-state index in [4.69, 9.17) is 23.2 Å². The van der Waals surface area contributed by atoms with Crippen LogP contribution in [0.25, 0.3) is 0 Å². The molecule has 0 aromatic heterocycles. The number of nitrogens with zero attached hydrogens (tertiary/aromatic N) is 1. The number of hydrogen-bond donors (Lipinski definition) is 1. The van der Waals surface area contributed by atoms with Crippen molar-refractivity contribution in [2.45, 2.75) is 23.8 Å². The first-order chi connectivity index (χ1) is 12.4. The molecule has 0 bridgehead atoms. The van der Waals surface area contributed by atoms with Crippen LogP contribution in [0.3, 0.4) is 0 Å². The molecule has 1 aliphatic rings. The maximum Gasteiger partial charge on any atom is 0.253 e. The van der Waals surface area contributed by atoms with Crippen molar-refractivity contribution >= 4 is 39.1 Å². The molecule has 5 nitrogen and oxygen atoms in total. The predicted octanol–water partition coefficient (Wildman–Crippen LogP) is 3.58. The highest BCUT2D eigenvalue weighted by molar-refractivity contribution is 7.89. The van der Waals surface area contributed by atoms with Gasteiger partial charge in [0.15, 0.2) is 0 Å². The van der Waals surface area contributed by atoms with E-state index in [0.717, 1.165) is 0 Å². The maximum absolute atomic E-state index is 12.6. The molecule has 0 radical (unpaired) electrons. The molecule has 1 N–H and O–H groups in total. The summed E-state index contributed by atoms with van der Waals surface area (Å²) >= 11 is 11.9. The fourth-order valence-corrected chi connectivity index (χ4v) is 4.52. The lowest BCUT2D eigenvalue weighted by molar-refractivity contribution is 0.0711. The van der Waals surface area contributed by atoms with E-state index in [-0.39, 0.29) is 16.8 Å². The molecule has 0 spiro atoms. The third kappa shape index (κ3) is 4.38. The molecule has 3 rings (SSSR count). The highest BCUT2D eigenvalue weighted by atomic mass is 35.5. The Kier molecular flexibility index (Phi) is 5.87. The zero-order valence-corrected chi connectivity index (χ0v) is 16.2. The molecular formula is C18H18Cl2N2O3S. The monoisotopic (exact) mass is 412 g/mol. The van der Waals surface area contributed by atoms with Crippen LogP contribution in [-0.2, 0) is 10.0 Å². The Hall–Kier alpha value is -1.60. The van der Waals surface area contributed by atoms with Gasteiger partial charge in [-0.2, -0.15) is 0 Å². The molecule has 0 atom stereocenters. The van der Waals surface area contributed by atoms with Crippen molar-refractivity contribution in [1.29, 1.82) is 0 Å². The molecule has 1 saturated heterocycles. The summed E-state index contributed by atoms with van der Waals surface area (Å²) < 4.78 is 27.5. The van der Waals surface area contributed by atoms with Gasteiger partial charge in [-0.1, -0.05) is 41.4 Å². The Morgan fingerprint density at radius 1 is 1.00 bits per heavy atom. The number of benzene rings is 2. The third-order valence-electron chi connectivity index (χ3n) is 4.32. The van der Waals surface area contributed by atoms with Crippen LogP contribution in [0.15, 0.2) is 53.4 Å². The number of rotatable bonds is 4. The summed E-state index contributed by atoms with van der Waals surface area (Å²) in [7, 11) is -3.55. The molecule has 2 aromatic rings.